The molecule has 9 nitrogen and oxygen atoms in total. The van der Waals surface area contributed by atoms with Crippen LogP contribution < -0.4 is 14.8 Å². The number of piperazine rings is 1. The quantitative estimate of drug-likeness (QED) is 0.518. The summed E-state index contributed by atoms with van der Waals surface area (Å²) in [7, 11) is 2.03. The number of aryl methyl sites for hydroxylation is 1. The third kappa shape index (κ3) is 3.55. The van der Waals surface area contributed by atoms with Crippen LogP contribution >= 0.6 is 0 Å². The molecule has 39 heavy (non-hydrogen) atoms. The van der Waals surface area contributed by atoms with E-state index in [0.717, 1.165) is 33.4 Å². The van der Waals surface area contributed by atoms with Gasteiger partial charge in [0.15, 0.2) is 11.5 Å². The molecule has 9 heteroatoms. The number of carbonyl (C=O) groups is 1. The minimum absolute atomic E-state index is 0.0443. The fraction of sp³-hybridized carbons (Fsp3) is 0.467. The van der Waals surface area contributed by atoms with Crippen molar-refractivity contribution in [3.63, 3.8) is 0 Å². The molecule has 1 saturated heterocycles. The van der Waals surface area contributed by atoms with Gasteiger partial charge in [-0.05, 0) is 70.4 Å². The molecule has 4 heterocycles. The number of nitrogens with zero attached hydrogens (tertiary/aromatic N) is 3. The average Bonchev–Trinajstić information content (AvgIpc) is 3.40. The zero-order chi connectivity index (χ0) is 27.7. The monoisotopic (exact) mass is 530 g/mol. The molecule has 0 aromatic heterocycles. The highest BCUT2D eigenvalue weighted by Crippen LogP contribution is 2.57. The first-order valence-electron chi connectivity index (χ1n) is 13.4. The number of rotatable bonds is 3. The second kappa shape index (κ2) is 9.18. The molecule has 5 atom stereocenters. The number of nitrogens with one attached hydrogen (secondary N) is 1. The van der Waals surface area contributed by atoms with Gasteiger partial charge in [-0.1, -0.05) is 12.1 Å². The molecular weight excluding hydrogens is 496 g/mol. The van der Waals surface area contributed by atoms with Crippen molar-refractivity contribution in [2.75, 3.05) is 20.4 Å². The summed E-state index contributed by atoms with van der Waals surface area (Å²) in [6.45, 7) is 7.79. The Balaban J connectivity index is 1.58. The summed E-state index contributed by atoms with van der Waals surface area (Å²) < 4.78 is 11.7. The Morgan fingerprint density at radius 3 is 2.59 bits per heavy atom. The van der Waals surface area contributed by atoms with Gasteiger partial charge in [0.25, 0.3) is 0 Å². The molecule has 4 aliphatic rings. The number of allylic oxidation sites excluding steroid dienone is 1. The average molecular weight is 531 g/mol. The van der Waals surface area contributed by atoms with Crippen molar-refractivity contribution in [3.05, 3.63) is 57.2 Å². The smallest absolute Gasteiger partial charge is 0.243 e. The van der Waals surface area contributed by atoms with Crippen molar-refractivity contribution in [2.45, 2.75) is 70.7 Å². The van der Waals surface area contributed by atoms with Gasteiger partial charge in [0.2, 0.25) is 12.7 Å². The Labute approximate surface area is 228 Å². The summed E-state index contributed by atoms with van der Waals surface area (Å²) in [4.78, 5) is 17.0. The topological polar surface area (TPSA) is 118 Å². The van der Waals surface area contributed by atoms with Gasteiger partial charge in [0.1, 0.15) is 17.5 Å². The van der Waals surface area contributed by atoms with E-state index in [1.807, 2.05) is 27.8 Å². The summed E-state index contributed by atoms with van der Waals surface area (Å²) in [5.74, 6) is 1.29. The predicted molar refractivity (Wildman–Crippen MR) is 144 cm³/mol. The molecule has 2 aromatic carbocycles. The third-order valence-electron chi connectivity index (χ3n) is 9.25. The van der Waals surface area contributed by atoms with Gasteiger partial charge in [-0.25, -0.2) is 0 Å². The van der Waals surface area contributed by atoms with E-state index in [1.54, 1.807) is 13.0 Å². The van der Waals surface area contributed by atoms with Crippen molar-refractivity contribution in [1.82, 2.24) is 15.1 Å². The number of hydrogen-bond acceptors (Lipinski definition) is 8. The first kappa shape index (κ1) is 25.5. The highest BCUT2D eigenvalue weighted by Gasteiger charge is 2.56. The number of amides is 1. The van der Waals surface area contributed by atoms with Crippen molar-refractivity contribution in [3.8, 4) is 29.1 Å². The van der Waals surface area contributed by atoms with E-state index in [2.05, 4.69) is 27.3 Å². The van der Waals surface area contributed by atoms with E-state index in [1.165, 1.54) is 6.08 Å². The number of phenolic OH excluding ortho intramolecular Hbond substituents is 2. The number of carbonyl (C=O) groups excluding carboxylic acids is 1. The highest BCUT2D eigenvalue weighted by atomic mass is 16.7. The second-order valence-electron chi connectivity index (χ2n) is 11.1. The van der Waals surface area contributed by atoms with Crippen LogP contribution in [0.3, 0.4) is 0 Å². The minimum Gasteiger partial charge on any atom is -0.507 e. The zero-order valence-corrected chi connectivity index (χ0v) is 22.9. The fourth-order valence-electron chi connectivity index (χ4n) is 7.32. The van der Waals surface area contributed by atoms with Crippen LogP contribution in [0.1, 0.15) is 58.0 Å². The molecule has 2 aromatic rings. The lowest BCUT2D eigenvalue weighted by Gasteiger charge is -2.60. The molecule has 0 saturated carbocycles. The number of hydrogen-bond donors (Lipinski definition) is 3. The Morgan fingerprint density at radius 2 is 1.87 bits per heavy atom. The number of phenols is 2. The second-order valence-corrected chi connectivity index (χ2v) is 11.1. The lowest BCUT2D eigenvalue weighted by atomic mass is 9.71. The predicted octanol–water partition coefficient (Wildman–Crippen LogP) is 3.22. The van der Waals surface area contributed by atoms with Crippen LogP contribution in [0.5, 0.6) is 23.0 Å². The molecule has 4 aliphatic heterocycles. The molecule has 1 fully saturated rings. The van der Waals surface area contributed by atoms with Crippen LogP contribution in [-0.4, -0.2) is 64.4 Å². The van der Waals surface area contributed by atoms with Crippen LogP contribution in [-0.2, 0) is 17.6 Å². The SMILES string of the molecule is C/C=C/C(=O)NC[C@H]1c2c(c(O)c(C)c3c2OCO3)CC2[C@@H]3c4c(cc(C)c(C)c4O)C[C@@H]([C@H](C#N)N21)N3C. The van der Waals surface area contributed by atoms with Gasteiger partial charge >= 0.3 is 0 Å². The van der Waals surface area contributed by atoms with Crippen molar-refractivity contribution in [2.24, 2.45) is 0 Å². The maximum absolute atomic E-state index is 12.6. The lowest BCUT2D eigenvalue weighted by Crippen LogP contribution is -2.68. The molecule has 3 N–H and O–H groups in total. The van der Waals surface area contributed by atoms with Crippen molar-refractivity contribution in [1.29, 1.82) is 5.26 Å². The van der Waals surface area contributed by atoms with Crippen LogP contribution in [0.4, 0.5) is 0 Å². The Bertz CT molecular complexity index is 1460. The number of nitriles is 1. The van der Waals surface area contributed by atoms with Gasteiger partial charge in [0.05, 0.1) is 18.2 Å². The summed E-state index contributed by atoms with van der Waals surface area (Å²) >= 11 is 0. The Hall–Kier alpha value is -3.74. The number of fused-ring (bicyclic) bond motifs is 9. The molecule has 0 radical (unpaired) electrons. The molecule has 0 spiro atoms. The van der Waals surface area contributed by atoms with Crippen LogP contribution in [0, 0.1) is 32.1 Å². The number of ether oxygens (including phenoxy) is 2. The summed E-state index contributed by atoms with van der Waals surface area (Å²) in [5.41, 5.74) is 5.95. The van der Waals surface area contributed by atoms with Gasteiger partial charge in [0, 0.05) is 40.9 Å². The fourth-order valence-corrected chi connectivity index (χ4v) is 7.32. The Morgan fingerprint density at radius 1 is 1.13 bits per heavy atom. The summed E-state index contributed by atoms with van der Waals surface area (Å²) in [6.07, 6.45) is 4.22. The van der Waals surface area contributed by atoms with Gasteiger partial charge < -0.3 is 25.0 Å². The maximum Gasteiger partial charge on any atom is 0.243 e. The van der Waals surface area contributed by atoms with Gasteiger partial charge in [-0.3, -0.25) is 14.6 Å². The van der Waals surface area contributed by atoms with E-state index in [4.69, 9.17) is 9.47 Å². The molecule has 6 rings (SSSR count). The van der Waals surface area contributed by atoms with E-state index < -0.39 is 12.1 Å². The van der Waals surface area contributed by atoms with E-state index in [-0.39, 0.29) is 43.1 Å². The third-order valence-corrected chi connectivity index (χ3v) is 9.25. The normalized spacial score (nSPS) is 27.0. The summed E-state index contributed by atoms with van der Waals surface area (Å²) in [6, 6.07) is 3.21. The molecule has 204 valence electrons. The highest BCUT2D eigenvalue weighted by molar-refractivity contribution is 5.87. The molecule has 1 amide bonds. The minimum atomic E-state index is -0.494. The first-order valence-corrected chi connectivity index (χ1v) is 13.4. The first-order chi connectivity index (χ1) is 18.7. The van der Waals surface area contributed by atoms with E-state index in [0.29, 0.717) is 35.7 Å². The van der Waals surface area contributed by atoms with Crippen LogP contribution in [0.25, 0.3) is 0 Å². The van der Waals surface area contributed by atoms with Gasteiger partial charge in [-0.15, -0.1) is 0 Å². The molecule has 0 aliphatic carbocycles. The standard InChI is InChI=1S/C30H34N4O5/c1-6-7-23(35)32-12-22-25-18(27(36)16(4)29-30(25)39-13-38-29)10-20-26-24-17(8-14(2)15(3)28(24)37)9-19(33(26)5)21(11-31)34(20)22/h6-8,19-22,26,36-37H,9-10,12-13H2,1-5H3,(H,32,35)/b7-6+/t19-,20?,21-,22-,26+/m0/s1. The summed E-state index contributed by atoms with van der Waals surface area (Å²) in [5, 5.41) is 36.5. The van der Waals surface area contributed by atoms with E-state index >= 15 is 0 Å². The molecule has 1 unspecified atom stereocenters. The van der Waals surface area contributed by atoms with E-state index in [9.17, 15) is 20.3 Å². The Kier molecular flexibility index (Phi) is 6.01. The zero-order valence-electron chi connectivity index (χ0n) is 22.9. The van der Waals surface area contributed by atoms with Crippen molar-refractivity contribution < 1.29 is 24.5 Å². The number of benzene rings is 2. The maximum atomic E-state index is 12.6. The molecular formula is C30H34N4O5. The largest absolute Gasteiger partial charge is 0.507 e. The van der Waals surface area contributed by atoms with Crippen molar-refractivity contribution >= 4 is 5.91 Å². The molecule has 2 bridgehead atoms. The van der Waals surface area contributed by atoms with Crippen LogP contribution in [0.2, 0.25) is 0 Å². The van der Waals surface area contributed by atoms with Gasteiger partial charge in [-0.2, -0.15) is 5.26 Å². The number of likely N-dealkylation sites (N-methyl/N-ethyl adjacent to an activating group) is 1. The van der Waals surface area contributed by atoms with Crippen LogP contribution in [0.15, 0.2) is 18.2 Å². The number of aromatic hydroxyl groups is 2. The lowest BCUT2D eigenvalue weighted by molar-refractivity contribution is -0.117.